The first-order chi connectivity index (χ1) is 11.5. The number of nitrogens with one attached hydrogen (secondary N) is 1. The molecule has 0 saturated carbocycles. The average molecular weight is 335 g/mol. The van der Waals surface area contributed by atoms with Crippen LogP contribution in [-0.4, -0.2) is 25.1 Å². The summed E-state index contributed by atoms with van der Waals surface area (Å²) in [6.45, 7) is 1.75. The van der Waals surface area contributed by atoms with Gasteiger partial charge in [0.2, 0.25) is 0 Å². The summed E-state index contributed by atoms with van der Waals surface area (Å²) < 4.78 is 36.3. The Labute approximate surface area is 137 Å². The summed E-state index contributed by atoms with van der Waals surface area (Å²) in [5.41, 5.74) is 0.0535. The summed E-state index contributed by atoms with van der Waals surface area (Å²) in [7, 11) is 0. The van der Waals surface area contributed by atoms with Gasteiger partial charge < -0.3 is 14.8 Å². The number of carbonyl (C=O) groups is 2. The molecule has 0 unspecified atom stereocenters. The second-order valence-corrected chi connectivity index (χ2v) is 4.71. The molecule has 0 saturated heterocycles. The van der Waals surface area contributed by atoms with Gasteiger partial charge in [-0.05, 0) is 43.3 Å². The Bertz CT molecular complexity index is 732. The van der Waals surface area contributed by atoms with Gasteiger partial charge in [-0.25, -0.2) is 13.6 Å². The average Bonchev–Trinajstić information content (AvgIpc) is 2.56. The van der Waals surface area contributed by atoms with Gasteiger partial charge in [-0.2, -0.15) is 0 Å². The predicted octanol–water partition coefficient (Wildman–Crippen LogP) is 3.16. The predicted molar refractivity (Wildman–Crippen MR) is 82.9 cm³/mol. The van der Waals surface area contributed by atoms with Crippen molar-refractivity contribution in [2.75, 3.05) is 18.5 Å². The fraction of sp³-hybridized carbons (Fsp3) is 0.176. The van der Waals surface area contributed by atoms with E-state index in [0.717, 1.165) is 12.1 Å². The number of anilines is 1. The summed E-state index contributed by atoms with van der Waals surface area (Å²) in [5, 5.41) is 2.19. The number of ether oxygens (including phenoxy) is 2. The SMILES string of the molecule is CCOc1ccc(C(=O)OCC(=O)Nc2ccc(F)cc2F)cc1. The van der Waals surface area contributed by atoms with Crippen LogP contribution in [0.2, 0.25) is 0 Å². The van der Waals surface area contributed by atoms with Crippen LogP contribution in [0.25, 0.3) is 0 Å². The van der Waals surface area contributed by atoms with Gasteiger partial charge in [-0.1, -0.05) is 0 Å². The fourth-order valence-electron chi connectivity index (χ4n) is 1.85. The minimum atomic E-state index is -0.916. The summed E-state index contributed by atoms with van der Waals surface area (Å²) in [5.74, 6) is -2.50. The van der Waals surface area contributed by atoms with Crippen LogP contribution in [0, 0.1) is 11.6 Å². The first-order valence-corrected chi connectivity index (χ1v) is 7.14. The lowest BCUT2D eigenvalue weighted by Crippen LogP contribution is -2.21. The molecule has 0 aliphatic heterocycles. The number of rotatable bonds is 6. The number of esters is 1. The van der Waals surface area contributed by atoms with Gasteiger partial charge in [0, 0.05) is 6.07 Å². The number of hydrogen-bond donors (Lipinski definition) is 1. The quantitative estimate of drug-likeness (QED) is 0.824. The molecule has 1 amide bonds. The normalized spacial score (nSPS) is 10.1. The van der Waals surface area contributed by atoms with Crippen LogP contribution in [0.5, 0.6) is 5.75 Å². The van der Waals surface area contributed by atoms with Crippen molar-refractivity contribution in [2.24, 2.45) is 0 Å². The molecular weight excluding hydrogens is 320 g/mol. The summed E-state index contributed by atoms with van der Waals surface area (Å²) in [6.07, 6.45) is 0. The lowest BCUT2D eigenvalue weighted by molar-refractivity contribution is -0.119. The minimum absolute atomic E-state index is 0.196. The maximum Gasteiger partial charge on any atom is 0.338 e. The zero-order valence-corrected chi connectivity index (χ0v) is 12.8. The highest BCUT2D eigenvalue weighted by atomic mass is 19.1. The van der Waals surface area contributed by atoms with Gasteiger partial charge in [0.25, 0.3) is 5.91 Å². The van der Waals surface area contributed by atoms with E-state index in [4.69, 9.17) is 9.47 Å². The fourth-order valence-corrected chi connectivity index (χ4v) is 1.85. The number of halogens is 2. The molecule has 24 heavy (non-hydrogen) atoms. The van der Waals surface area contributed by atoms with Crippen molar-refractivity contribution in [3.63, 3.8) is 0 Å². The van der Waals surface area contributed by atoms with E-state index in [2.05, 4.69) is 5.32 Å². The van der Waals surface area contributed by atoms with Crippen LogP contribution in [0.15, 0.2) is 42.5 Å². The van der Waals surface area contributed by atoms with E-state index in [1.54, 1.807) is 12.1 Å². The molecule has 1 N–H and O–H groups in total. The highest BCUT2D eigenvalue weighted by molar-refractivity contribution is 5.95. The van der Waals surface area contributed by atoms with Crippen molar-refractivity contribution in [1.29, 1.82) is 0 Å². The van der Waals surface area contributed by atoms with Crippen molar-refractivity contribution >= 4 is 17.6 Å². The molecular formula is C17H15F2NO4. The zero-order chi connectivity index (χ0) is 17.5. The Hall–Kier alpha value is -2.96. The van der Waals surface area contributed by atoms with E-state index < -0.39 is 30.1 Å². The lowest BCUT2D eigenvalue weighted by atomic mass is 10.2. The molecule has 0 bridgehead atoms. The number of benzene rings is 2. The van der Waals surface area contributed by atoms with E-state index in [0.29, 0.717) is 18.4 Å². The number of amides is 1. The molecule has 0 atom stereocenters. The highest BCUT2D eigenvalue weighted by Crippen LogP contribution is 2.15. The Morgan fingerprint density at radius 2 is 1.79 bits per heavy atom. The monoisotopic (exact) mass is 335 g/mol. The molecule has 126 valence electrons. The molecule has 2 aromatic carbocycles. The van der Waals surface area contributed by atoms with E-state index >= 15 is 0 Å². The van der Waals surface area contributed by atoms with Gasteiger partial charge in [-0.15, -0.1) is 0 Å². The second-order valence-electron chi connectivity index (χ2n) is 4.71. The first kappa shape index (κ1) is 17.4. The maximum atomic E-state index is 13.4. The number of hydrogen-bond acceptors (Lipinski definition) is 4. The number of carbonyl (C=O) groups excluding carboxylic acids is 2. The van der Waals surface area contributed by atoms with Crippen molar-refractivity contribution in [3.05, 3.63) is 59.7 Å². The van der Waals surface area contributed by atoms with Crippen LogP contribution in [0.4, 0.5) is 14.5 Å². The molecule has 0 heterocycles. The summed E-state index contributed by atoms with van der Waals surface area (Å²) in [4.78, 5) is 23.5. The van der Waals surface area contributed by atoms with Gasteiger partial charge in [0.05, 0.1) is 17.9 Å². The molecule has 7 heteroatoms. The Morgan fingerprint density at radius 3 is 2.42 bits per heavy atom. The first-order valence-electron chi connectivity index (χ1n) is 7.14. The molecule has 2 rings (SSSR count). The molecule has 0 aliphatic rings. The van der Waals surface area contributed by atoms with Gasteiger partial charge in [0.15, 0.2) is 6.61 Å². The van der Waals surface area contributed by atoms with Crippen molar-refractivity contribution in [3.8, 4) is 5.75 Å². The molecule has 0 aliphatic carbocycles. The molecule has 0 spiro atoms. The summed E-state index contributed by atoms with van der Waals surface area (Å²) in [6, 6.07) is 8.95. The Morgan fingerprint density at radius 1 is 1.08 bits per heavy atom. The van der Waals surface area contributed by atoms with E-state index in [9.17, 15) is 18.4 Å². The third-order valence-electron chi connectivity index (χ3n) is 2.94. The van der Waals surface area contributed by atoms with E-state index in [1.807, 2.05) is 6.92 Å². The van der Waals surface area contributed by atoms with Crippen LogP contribution < -0.4 is 10.1 Å². The van der Waals surface area contributed by atoms with E-state index in [-0.39, 0.29) is 11.3 Å². The third-order valence-corrected chi connectivity index (χ3v) is 2.94. The third kappa shape index (κ3) is 4.77. The molecule has 0 radical (unpaired) electrons. The highest BCUT2D eigenvalue weighted by Gasteiger charge is 2.12. The van der Waals surface area contributed by atoms with Crippen molar-refractivity contribution < 1.29 is 27.8 Å². The Balaban J connectivity index is 1.87. The van der Waals surface area contributed by atoms with Crippen molar-refractivity contribution in [1.82, 2.24) is 0 Å². The van der Waals surface area contributed by atoms with Crippen LogP contribution >= 0.6 is 0 Å². The lowest BCUT2D eigenvalue weighted by Gasteiger charge is -2.08. The van der Waals surface area contributed by atoms with Crippen LogP contribution in [0.1, 0.15) is 17.3 Å². The molecule has 0 fully saturated rings. The van der Waals surface area contributed by atoms with Gasteiger partial charge >= 0.3 is 5.97 Å². The topological polar surface area (TPSA) is 64.6 Å². The molecule has 2 aromatic rings. The van der Waals surface area contributed by atoms with E-state index in [1.165, 1.54) is 12.1 Å². The van der Waals surface area contributed by atoms with Crippen molar-refractivity contribution in [2.45, 2.75) is 6.92 Å². The standard InChI is InChI=1S/C17H15F2NO4/c1-2-23-13-6-3-11(4-7-13)17(22)24-10-16(21)20-15-8-5-12(18)9-14(15)19/h3-9H,2,10H2,1H3,(H,20,21). The maximum absolute atomic E-state index is 13.4. The van der Waals surface area contributed by atoms with Gasteiger partial charge in [0.1, 0.15) is 17.4 Å². The van der Waals surface area contributed by atoms with Gasteiger partial charge in [-0.3, -0.25) is 4.79 Å². The smallest absolute Gasteiger partial charge is 0.338 e. The molecule has 0 aromatic heterocycles. The summed E-state index contributed by atoms with van der Waals surface area (Å²) >= 11 is 0. The Kier molecular flexibility index (Phi) is 5.83. The second kappa shape index (κ2) is 8.05. The molecule has 5 nitrogen and oxygen atoms in total. The minimum Gasteiger partial charge on any atom is -0.494 e. The largest absolute Gasteiger partial charge is 0.494 e. The van der Waals surface area contributed by atoms with Crippen LogP contribution in [-0.2, 0) is 9.53 Å². The zero-order valence-electron chi connectivity index (χ0n) is 12.8. The van der Waals surface area contributed by atoms with Crippen LogP contribution in [0.3, 0.4) is 0 Å².